The number of nitrogens with zero attached hydrogens (tertiary/aromatic N) is 3. The highest BCUT2D eigenvalue weighted by molar-refractivity contribution is 6.42. The van der Waals surface area contributed by atoms with Crippen LogP contribution in [-0.2, 0) is 11.2 Å². The molecular weight excluding hydrogens is 361 g/mol. The fraction of sp³-hybridized carbons (Fsp3) is 0.444. The van der Waals surface area contributed by atoms with Crippen LogP contribution in [0.2, 0.25) is 10.0 Å². The summed E-state index contributed by atoms with van der Waals surface area (Å²) in [5.74, 6) is 0.509. The number of carbonyl (C=O) groups excluding carboxylic acids is 1. The van der Waals surface area contributed by atoms with Gasteiger partial charge in [0.1, 0.15) is 12.9 Å². The van der Waals surface area contributed by atoms with Crippen LogP contribution in [0.15, 0.2) is 18.2 Å². The Bertz CT molecular complexity index is 755. The van der Waals surface area contributed by atoms with Crippen molar-refractivity contribution >= 4 is 29.5 Å². The first-order valence-corrected chi connectivity index (χ1v) is 9.18. The predicted octanol–water partition coefficient (Wildman–Crippen LogP) is 3.70. The minimum Gasteiger partial charge on any atom is -0.475 e. The highest BCUT2D eigenvalue weighted by Gasteiger charge is 2.18. The van der Waals surface area contributed by atoms with Gasteiger partial charge >= 0.3 is 0 Å². The van der Waals surface area contributed by atoms with E-state index in [0.29, 0.717) is 22.5 Å². The normalized spacial score (nSPS) is 14.8. The lowest BCUT2D eigenvalue weighted by Gasteiger charge is -2.14. The molecule has 1 aliphatic rings. The molecule has 0 atom stereocenters. The quantitative estimate of drug-likeness (QED) is 0.685. The third-order valence-electron chi connectivity index (χ3n) is 4.48. The molecule has 0 N–H and O–H groups in total. The van der Waals surface area contributed by atoms with Crippen molar-refractivity contribution in [2.24, 2.45) is 0 Å². The standard InChI is InChI=1S/C18H21Cl2N3O2/c1-13-15(6-10-24)18(25-11-9-22-7-2-3-8-22)21-23(13)14-4-5-16(19)17(20)12-14/h4-5,10,12H,2-3,6-9,11H2,1H3. The average Bonchev–Trinajstić information content (AvgIpc) is 3.21. The van der Waals surface area contributed by atoms with E-state index in [1.165, 1.54) is 12.8 Å². The number of rotatable bonds is 7. The van der Waals surface area contributed by atoms with Gasteiger partial charge in [0.15, 0.2) is 0 Å². The number of ether oxygens (including phenoxy) is 1. The number of aldehydes is 1. The molecule has 0 aliphatic carbocycles. The summed E-state index contributed by atoms with van der Waals surface area (Å²) in [6.45, 7) is 5.60. The summed E-state index contributed by atoms with van der Waals surface area (Å²) in [5, 5.41) is 5.50. The summed E-state index contributed by atoms with van der Waals surface area (Å²) < 4.78 is 7.64. The molecule has 0 spiro atoms. The van der Waals surface area contributed by atoms with Crippen molar-refractivity contribution < 1.29 is 9.53 Å². The van der Waals surface area contributed by atoms with E-state index < -0.39 is 0 Å². The molecule has 1 aliphatic heterocycles. The lowest BCUT2D eigenvalue weighted by atomic mass is 10.2. The lowest BCUT2D eigenvalue weighted by Crippen LogP contribution is -2.25. The Morgan fingerprint density at radius 3 is 2.68 bits per heavy atom. The number of aromatic nitrogens is 2. The van der Waals surface area contributed by atoms with E-state index >= 15 is 0 Å². The summed E-state index contributed by atoms with van der Waals surface area (Å²) in [6, 6.07) is 5.32. The molecule has 7 heteroatoms. The van der Waals surface area contributed by atoms with E-state index in [9.17, 15) is 4.79 Å². The van der Waals surface area contributed by atoms with Gasteiger partial charge in [-0.15, -0.1) is 5.10 Å². The van der Waals surface area contributed by atoms with E-state index in [1.807, 2.05) is 13.0 Å². The SMILES string of the molecule is Cc1c(CC=O)c(OCCN2CCCC2)nn1-c1ccc(Cl)c(Cl)c1. The fourth-order valence-corrected chi connectivity index (χ4v) is 3.38. The van der Waals surface area contributed by atoms with E-state index in [4.69, 9.17) is 27.9 Å². The molecular formula is C18H21Cl2N3O2. The van der Waals surface area contributed by atoms with Crippen molar-refractivity contribution in [2.45, 2.75) is 26.2 Å². The van der Waals surface area contributed by atoms with E-state index in [2.05, 4.69) is 10.00 Å². The second-order valence-corrected chi connectivity index (χ2v) is 6.96. The first-order chi connectivity index (χ1) is 12.1. The molecule has 5 nitrogen and oxygen atoms in total. The van der Waals surface area contributed by atoms with Gasteiger partial charge in [0.2, 0.25) is 5.88 Å². The Kier molecular flexibility index (Phi) is 5.99. The van der Waals surface area contributed by atoms with Crippen molar-refractivity contribution in [1.82, 2.24) is 14.7 Å². The first-order valence-electron chi connectivity index (χ1n) is 8.43. The summed E-state index contributed by atoms with van der Waals surface area (Å²) >= 11 is 12.1. The Morgan fingerprint density at radius 2 is 2.00 bits per heavy atom. The van der Waals surface area contributed by atoms with Crippen LogP contribution in [0.25, 0.3) is 5.69 Å². The van der Waals surface area contributed by atoms with Crippen LogP contribution in [0.1, 0.15) is 24.1 Å². The Balaban J connectivity index is 1.81. The molecule has 25 heavy (non-hydrogen) atoms. The first kappa shape index (κ1) is 18.2. The van der Waals surface area contributed by atoms with Crippen LogP contribution in [0, 0.1) is 6.92 Å². The van der Waals surface area contributed by atoms with Crippen molar-refractivity contribution in [1.29, 1.82) is 0 Å². The maximum atomic E-state index is 11.1. The minimum atomic E-state index is 0.270. The van der Waals surface area contributed by atoms with Gasteiger partial charge < -0.3 is 9.53 Å². The smallest absolute Gasteiger partial charge is 0.237 e. The second-order valence-electron chi connectivity index (χ2n) is 6.15. The molecule has 1 aromatic heterocycles. The average molecular weight is 382 g/mol. The molecule has 1 aromatic carbocycles. The number of carbonyl (C=O) groups is 1. The van der Waals surface area contributed by atoms with E-state index in [-0.39, 0.29) is 6.42 Å². The summed E-state index contributed by atoms with van der Waals surface area (Å²) in [4.78, 5) is 13.4. The van der Waals surface area contributed by atoms with E-state index in [0.717, 1.165) is 42.9 Å². The molecule has 2 aromatic rings. The summed E-state index contributed by atoms with van der Waals surface area (Å²) in [6.07, 6.45) is 3.64. The van der Waals surface area contributed by atoms with Gasteiger partial charge in [-0.05, 0) is 51.1 Å². The maximum absolute atomic E-state index is 11.1. The molecule has 0 radical (unpaired) electrons. The highest BCUT2D eigenvalue weighted by Crippen LogP contribution is 2.28. The molecule has 1 saturated heterocycles. The largest absolute Gasteiger partial charge is 0.475 e. The maximum Gasteiger partial charge on any atom is 0.237 e. The topological polar surface area (TPSA) is 47.4 Å². The number of hydrogen-bond donors (Lipinski definition) is 0. The van der Waals surface area contributed by atoms with Gasteiger partial charge in [0.05, 0.1) is 15.7 Å². The Morgan fingerprint density at radius 1 is 1.24 bits per heavy atom. The third kappa shape index (κ3) is 4.17. The monoisotopic (exact) mass is 381 g/mol. The summed E-state index contributed by atoms with van der Waals surface area (Å²) in [5.41, 5.74) is 2.46. The van der Waals surface area contributed by atoms with Crippen LogP contribution in [-0.4, -0.2) is 47.2 Å². The Hall–Kier alpha value is -1.56. The van der Waals surface area contributed by atoms with Crippen LogP contribution >= 0.6 is 23.2 Å². The van der Waals surface area contributed by atoms with Crippen LogP contribution in [0.4, 0.5) is 0 Å². The number of likely N-dealkylation sites (tertiary alicyclic amines) is 1. The predicted molar refractivity (Wildman–Crippen MR) is 99.3 cm³/mol. The van der Waals surface area contributed by atoms with Crippen molar-refractivity contribution in [3.8, 4) is 11.6 Å². The number of benzene rings is 1. The summed E-state index contributed by atoms with van der Waals surface area (Å²) in [7, 11) is 0. The lowest BCUT2D eigenvalue weighted by molar-refractivity contribution is -0.107. The van der Waals surface area contributed by atoms with Gasteiger partial charge in [-0.2, -0.15) is 0 Å². The minimum absolute atomic E-state index is 0.270. The van der Waals surface area contributed by atoms with Crippen molar-refractivity contribution in [3.63, 3.8) is 0 Å². The number of halogens is 2. The molecule has 0 saturated carbocycles. The second kappa shape index (κ2) is 8.21. The van der Waals surface area contributed by atoms with Crippen LogP contribution < -0.4 is 4.74 Å². The molecule has 2 heterocycles. The molecule has 0 unspecified atom stereocenters. The Labute approximate surface area is 157 Å². The van der Waals surface area contributed by atoms with Gasteiger partial charge in [-0.3, -0.25) is 4.90 Å². The molecule has 3 rings (SSSR count). The van der Waals surface area contributed by atoms with Crippen molar-refractivity contribution in [3.05, 3.63) is 39.5 Å². The van der Waals surface area contributed by atoms with E-state index in [1.54, 1.807) is 16.8 Å². The molecule has 0 amide bonds. The third-order valence-corrected chi connectivity index (χ3v) is 5.22. The number of hydrogen-bond acceptors (Lipinski definition) is 4. The fourth-order valence-electron chi connectivity index (χ4n) is 3.09. The van der Waals surface area contributed by atoms with Gasteiger partial charge in [-0.25, -0.2) is 4.68 Å². The van der Waals surface area contributed by atoms with Gasteiger partial charge in [0, 0.05) is 24.2 Å². The molecule has 1 fully saturated rings. The van der Waals surface area contributed by atoms with Crippen LogP contribution in [0.5, 0.6) is 5.88 Å². The molecule has 0 bridgehead atoms. The zero-order valence-electron chi connectivity index (χ0n) is 14.2. The van der Waals surface area contributed by atoms with Gasteiger partial charge in [-0.1, -0.05) is 23.2 Å². The highest BCUT2D eigenvalue weighted by atomic mass is 35.5. The van der Waals surface area contributed by atoms with Gasteiger partial charge in [0.25, 0.3) is 0 Å². The van der Waals surface area contributed by atoms with Crippen LogP contribution in [0.3, 0.4) is 0 Å². The zero-order chi connectivity index (χ0) is 17.8. The van der Waals surface area contributed by atoms with Crippen molar-refractivity contribution in [2.75, 3.05) is 26.2 Å². The zero-order valence-corrected chi connectivity index (χ0v) is 15.7. The molecule has 134 valence electrons.